The van der Waals surface area contributed by atoms with E-state index in [4.69, 9.17) is 21.5 Å². The maximum atomic E-state index is 12.2. The van der Waals surface area contributed by atoms with Crippen LogP contribution < -0.4 is 5.14 Å². The zero-order chi connectivity index (χ0) is 20.2. The van der Waals surface area contributed by atoms with Crippen LogP contribution in [0, 0.1) is 0 Å². The van der Waals surface area contributed by atoms with Gasteiger partial charge in [-0.05, 0) is 36.1 Å². The summed E-state index contributed by atoms with van der Waals surface area (Å²) in [4.78, 5) is 24.1. The Hall–Kier alpha value is -2.22. The quantitative estimate of drug-likeness (QED) is 0.556. The van der Waals surface area contributed by atoms with Gasteiger partial charge in [0.1, 0.15) is 0 Å². The molecule has 0 fully saturated rings. The summed E-state index contributed by atoms with van der Waals surface area (Å²) in [6, 6.07) is 10.5. The molecular weight excluding hydrogens is 390 g/mol. The molecule has 2 aromatic carbocycles. The van der Waals surface area contributed by atoms with Gasteiger partial charge >= 0.3 is 5.97 Å². The van der Waals surface area contributed by atoms with Crippen LogP contribution in [-0.4, -0.2) is 26.8 Å². The van der Waals surface area contributed by atoms with Crippen LogP contribution >= 0.6 is 11.6 Å². The van der Waals surface area contributed by atoms with Gasteiger partial charge in [0.15, 0.2) is 12.4 Å². The normalized spacial score (nSPS) is 12.4. The van der Waals surface area contributed by atoms with E-state index in [9.17, 15) is 18.0 Å². The Morgan fingerprint density at radius 3 is 2.33 bits per heavy atom. The van der Waals surface area contributed by atoms with Gasteiger partial charge in [-0.25, -0.2) is 18.4 Å². The van der Waals surface area contributed by atoms with Crippen molar-refractivity contribution in [2.75, 3.05) is 6.61 Å². The number of halogens is 1. The Morgan fingerprint density at radius 2 is 1.78 bits per heavy atom. The molecule has 2 N–H and O–H groups in total. The van der Waals surface area contributed by atoms with E-state index in [1.807, 2.05) is 12.1 Å². The van der Waals surface area contributed by atoms with E-state index < -0.39 is 22.6 Å². The van der Waals surface area contributed by atoms with Crippen molar-refractivity contribution in [1.29, 1.82) is 0 Å². The van der Waals surface area contributed by atoms with E-state index in [2.05, 4.69) is 13.8 Å². The Labute approximate surface area is 163 Å². The average Bonchev–Trinajstić information content (AvgIpc) is 2.64. The van der Waals surface area contributed by atoms with E-state index in [1.54, 1.807) is 12.1 Å². The minimum atomic E-state index is -4.00. The molecule has 0 radical (unpaired) electrons. The first-order valence-corrected chi connectivity index (χ1v) is 10.2. The molecule has 6 nitrogen and oxygen atoms in total. The van der Waals surface area contributed by atoms with Crippen LogP contribution in [0.25, 0.3) is 0 Å². The highest BCUT2D eigenvalue weighted by Gasteiger charge is 2.18. The number of benzene rings is 2. The topological polar surface area (TPSA) is 104 Å². The maximum absolute atomic E-state index is 12.2. The number of Topliss-reactive ketones (excluding diaryl/α,β-unsaturated/α-hetero) is 1. The van der Waals surface area contributed by atoms with Crippen LogP contribution in [0.2, 0.25) is 5.02 Å². The summed E-state index contributed by atoms with van der Waals surface area (Å²) in [5.41, 5.74) is 1.36. The molecule has 1 atom stereocenters. The van der Waals surface area contributed by atoms with Crippen LogP contribution in [0.5, 0.6) is 0 Å². The van der Waals surface area contributed by atoms with Gasteiger partial charge in [-0.3, -0.25) is 4.79 Å². The minimum absolute atomic E-state index is 0.00208. The van der Waals surface area contributed by atoms with E-state index >= 15 is 0 Å². The highest BCUT2D eigenvalue weighted by atomic mass is 35.5. The molecule has 0 spiro atoms. The third kappa shape index (κ3) is 5.38. The molecule has 0 bridgehead atoms. The second-order valence-electron chi connectivity index (χ2n) is 6.12. The van der Waals surface area contributed by atoms with Gasteiger partial charge in [-0.2, -0.15) is 0 Å². The second kappa shape index (κ2) is 8.65. The molecule has 0 unspecified atom stereocenters. The van der Waals surface area contributed by atoms with E-state index in [1.165, 1.54) is 12.1 Å². The maximum Gasteiger partial charge on any atom is 0.340 e. The molecule has 27 heavy (non-hydrogen) atoms. The predicted molar refractivity (Wildman–Crippen MR) is 103 cm³/mol. The van der Waals surface area contributed by atoms with Crippen molar-refractivity contribution in [1.82, 2.24) is 0 Å². The average molecular weight is 410 g/mol. The lowest BCUT2D eigenvalue weighted by molar-refractivity contribution is 0.0474. The number of ether oxygens (including phenoxy) is 1. The standard InChI is InChI=1S/C19H20ClNO5S/c1-3-12(2)13-4-6-14(7-5-13)18(22)11-26-19(23)16-10-15(27(21,24)25)8-9-17(16)20/h4-10,12H,3,11H2,1-2H3,(H2,21,24,25)/t12-/m0/s1. The lowest BCUT2D eigenvalue weighted by Gasteiger charge is -2.10. The summed E-state index contributed by atoms with van der Waals surface area (Å²) in [5, 5.41) is 5.04. The zero-order valence-corrected chi connectivity index (χ0v) is 16.5. The van der Waals surface area contributed by atoms with Crippen LogP contribution in [0.3, 0.4) is 0 Å². The first-order chi connectivity index (χ1) is 12.6. The molecule has 0 aliphatic rings. The van der Waals surface area contributed by atoms with Crippen LogP contribution in [0.1, 0.15) is 52.5 Å². The monoisotopic (exact) mass is 409 g/mol. The number of hydrogen-bond donors (Lipinski definition) is 1. The Kier molecular flexibility index (Phi) is 6.75. The zero-order valence-electron chi connectivity index (χ0n) is 14.9. The summed E-state index contributed by atoms with van der Waals surface area (Å²) in [5.74, 6) is -0.895. The number of rotatable bonds is 7. The Morgan fingerprint density at radius 1 is 1.15 bits per heavy atom. The molecule has 0 aliphatic carbocycles. The third-order valence-electron chi connectivity index (χ3n) is 4.23. The lowest BCUT2D eigenvalue weighted by atomic mass is 9.97. The van der Waals surface area contributed by atoms with Gasteiger partial charge in [-0.1, -0.05) is 49.7 Å². The number of esters is 1. The Bertz CT molecular complexity index is 955. The van der Waals surface area contributed by atoms with Gasteiger partial charge in [0.25, 0.3) is 0 Å². The third-order valence-corrected chi connectivity index (χ3v) is 5.48. The van der Waals surface area contributed by atoms with Crippen LogP contribution in [0.15, 0.2) is 47.4 Å². The SMILES string of the molecule is CC[C@H](C)c1ccc(C(=O)COC(=O)c2cc(S(N)(=O)=O)ccc2Cl)cc1. The van der Waals surface area contributed by atoms with Gasteiger partial charge in [-0.15, -0.1) is 0 Å². The highest BCUT2D eigenvalue weighted by Crippen LogP contribution is 2.21. The number of nitrogens with two attached hydrogens (primary N) is 1. The molecular formula is C19H20ClNO5S. The molecule has 0 saturated heterocycles. The number of ketones is 1. The molecule has 0 saturated carbocycles. The smallest absolute Gasteiger partial charge is 0.340 e. The first-order valence-electron chi connectivity index (χ1n) is 8.26. The van der Waals surface area contributed by atoms with Crippen LogP contribution in [-0.2, 0) is 14.8 Å². The molecule has 144 valence electrons. The van der Waals surface area contributed by atoms with Crippen molar-refractivity contribution in [3.05, 3.63) is 64.2 Å². The van der Waals surface area contributed by atoms with Gasteiger partial charge in [0.2, 0.25) is 10.0 Å². The molecule has 2 aromatic rings. The van der Waals surface area contributed by atoms with Crippen molar-refractivity contribution in [3.63, 3.8) is 0 Å². The molecule has 2 rings (SSSR count). The fourth-order valence-corrected chi connectivity index (χ4v) is 3.10. The fourth-order valence-electron chi connectivity index (χ4n) is 2.36. The molecule has 0 heterocycles. The minimum Gasteiger partial charge on any atom is -0.454 e. The highest BCUT2D eigenvalue weighted by molar-refractivity contribution is 7.89. The fraction of sp³-hybridized carbons (Fsp3) is 0.263. The van der Waals surface area contributed by atoms with Crippen molar-refractivity contribution in [2.24, 2.45) is 5.14 Å². The van der Waals surface area contributed by atoms with Crippen LogP contribution in [0.4, 0.5) is 0 Å². The number of sulfonamides is 1. The van der Waals surface area contributed by atoms with Crippen molar-refractivity contribution in [2.45, 2.75) is 31.1 Å². The summed E-state index contributed by atoms with van der Waals surface area (Å²) in [6.07, 6.45) is 0.989. The van der Waals surface area contributed by atoms with Crippen molar-refractivity contribution in [3.8, 4) is 0 Å². The number of primary sulfonamides is 1. The van der Waals surface area contributed by atoms with Gasteiger partial charge in [0, 0.05) is 5.56 Å². The molecule has 0 amide bonds. The molecule has 0 aromatic heterocycles. The number of hydrogen-bond acceptors (Lipinski definition) is 5. The van der Waals surface area contributed by atoms with Gasteiger partial charge in [0.05, 0.1) is 15.5 Å². The Balaban J connectivity index is 2.08. The van der Waals surface area contributed by atoms with Gasteiger partial charge < -0.3 is 4.74 Å². The first kappa shape index (κ1) is 21.1. The number of carbonyl (C=O) groups excluding carboxylic acids is 2. The summed E-state index contributed by atoms with van der Waals surface area (Å²) >= 11 is 5.91. The number of carbonyl (C=O) groups is 2. The predicted octanol–water partition coefficient (Wildman–Crippen LogP) is 3.54. The van der Waals surface area contributed by atoms with E-state index in [0.717, 1.165) is 18.1 Å². The molecule has 8 heteroatoms. The lowest BCUT2D eigenvalue weighted by Crippen LogP contribution is -2.16. The summed E-state index contributed by atoms with van der Waals surface area (Å²) in [7, 11) is -4.00. The second-order valence-corrected chi connectivity index (χ2v) is 8.09. The molecule has 0 aliphatic heterocycles. The van der Waals surface area contributed by atoms with E-state index in [-0.39, 0.29) is 21.3 Å². The largest absolute Gasteiger partial charge is 0.454 e. The van der Waals surface area contributed by atoms with Crippen molar-refractivity contribution >= 4 is 33.4 Å². The summed E-state index contributed by atoms with van der Waals surface area (Å²) in [6.45, 7) is 3.69. The van der Waals surface area contributed by atoms with E-state index in [0.29, 0.717) is 11.5 Å². The summed E-state index contributed by atoms with van der Waals surface area (Å²) < 4.78 is 27.8. The van der Waals surface area contributed by atoms with Crippen molar-refractivity contribution < 1.29 is 22.7 Å².